The van der Waals surface area contributed by atoms with Gasteiger partial charge in [0.25, 0.3) is 0 Å². The molecule has 1 fully saturated rings. The maximum absolute atomic E-state index is 12.8. The van der Waals surface area contributed by atoms with Crippen LogP contribution in [0.2, 0.25) is 0 Å². The van der Waals surface area contributed by atoms with Gasteiger partial charge < -0.3 is 10.4 Å². The molecule has 112 valence electrons. The fourth-order valence-corrected chi connectivity index (χ4v) is 4.11. The molecule has 0 bridgehead atoms. The van der Waals surface area contributed by atoms with Gasteiger partial charge in [0, 0.05) is 31.5 Å². The maximum atomic E-state index is 12.8. The molecule has 0 radical (unpaired) electrons. The Morgan fingerprint density at radius 3 is 2.80 bits per heavy atom. The van der Waals surface area contributed by atoms with Crippen molar-refractivity contribution in [1.29, 1.82) is 0 Å². The molecule has 1 aliphatic carbocycles. The maximum Gasteiger partial charge on any atom is 0.246 e. The van der Waals surface area contributed by atoms with Crippen LogP contribution in [0.1, 0.15) is 26.2 Å². The van der Waals surface area contributed by atoms with Crippen molar-refractivity contribution in [3.63, 3.8) is 0 Å². The molecule has 1 aliphatic rings. The standard InChI is InChI=1S/C13H21N3O3S/c1-2-15-12-6-7-14-10-13(12)20(18,19)16(8-9-17)11-4-3-5-11/h6-7,10-11,17H,2-5,8-9H2,1H3,(H,14,15). The summed E-state index contributed by atoms with van der Waals surface area (Å²) in [6.07, 6.45) is 5.69. The summed E-state index contributed by atoms with van der Waals surface area (Å²) >= 11 is 0. The molecule has 1 aromatic heterocycles. The first-order valence-corrected chi connectivity index (χ1v) is 8.35. The molecule has 1 saturated carbocycles. The summed E-state index contributed by atoms with van der Waals surface area (Å²) in [6, 6.07) is 1.66. The molecular formula is C13H21N3O3S. The van der Waals surface area contributed by atoms with E-state index in [1.807, 2.05) is 6.92 Å². The summed E-state index contributed by atoms with van der Waals surface area (Å²) < 4.78 is 27.0. The molecule has 1 aromatic rings. The van der Waals surface area contributed by atoms with Gasteiger partial charge in [-0.25, -0.2) is 8.42 Å². The van der Waals surface area contributed by atoms with Gasteiger partial charge in [-0.2, -0.15) is 4.31 Å². The topological polar surface area (TPSA) is 82.5 Å². The number of rotatable bonds is 7. The van der Waals surface area contributed by atoms with Crippen molar-refractivity contribution in [2.75, 3.05) is 25.0 Å². The van der Waals surface area contributed by atoms with E-state index >= 15 is 0 Å². The first-order valence-electron chi connectivity index (χ1n) is 6.91. The Morgan fingerprint density at radius 2 is 2.25 bits per heavy atom. The average Bonchev–Trinajstić information content (AvgIpc) is 2.37. The van der Waals surface area contributed by atoms with E-state index in [0.717, 1.165) is 19.3 Å². The first kappa shape index (κ1) is 15.2. The lowest BCUT2D eigenvalue weighted by atomic mass is 9.93. The van der Waals surface area contributed by atoms with Gasteiger partial charge in [-0.1, -0.05) is 6.42 Å². The van der Waals surface area contributed by atoms with Crippen molar-refractivity contribution in [3.05, 3.63) is 18.5 Å². The highest BCUT2D eigenvalue weighted by Gasteiger charge is 2.35. The number of anilines is 1. The van der Waals surface area contributed by atoms with Gasteiger partial charge in [0.2, 0.25) is 10.0 Å². The van der Waals surface area contributed by atoms with Crippen molar-refractivity contribution in [2.45, 2.75) is 37.1 Å². The zero-order valence-corrected chi connectivity index (χ0v) is 12.4. The fraction of sp³-hybridized carbons (Fsp3) is 0.615. The van der Waals surface area contributed by atoms with E-state index in [-0.39, 0.29) is 24.1 Å². The molecule has 0 amide bonds. The quantitative estimate of drug-likeness (QED) is 0.786. The van der Waals surface area contributed by atoms with Crippen LogP contribution < -0.4 is 5.32 Å². The van der Waals surface area contributed by atoms with Crippen LogP contribution >= 0.6 is 0 Å². The van der Waals surface area contributed by atoms with E-state index in [4.69, 9.17) is 5.11 Å². The number of nitrogens with one attached hydrogen (secondary N) is 1. The molecule has 2 N–H and O–H groups in total. The van der Waals surface area contributed by atoms with E-state index in [1.54, 1.807) is 12.3 Å². The third kappa shape index (κ3) is 2.94. The lowest BCUT2D eigenvalue weighted by molar-refractivity contribution is 0.178. The lowest BCUT2D eigenvalue weighted by Gasteiger charge is -2.36. The molecule has 0 saturated heterocycles. The number of pyridine rings is 1. The number of aliphatic hydroxyl groups is 1. The van der Waals surface area contributed by atoms with Crippen molar-refractivity contribution < 1.29 is 13.5 Å². The Bertz CT molecular complexity index is 544. The molecular weight excluding hydrogens is 278 g/mol. The van der Waals surface area contributed by atoms with Crippen molar-refractivity contribution >= 4 is 15.7 Å². The Hall–Kier alpha value is -1.18. The van der Waals surface area contributed by atoms with Gasteiger partial charge in [-0.15, -0.1) is 0 Å². The van der Waals surface area contributed by atoms with Gasteiger partial charge in [-0.3, -0.25) is 4.98 Å². The highest BCUT2D eigenvalue weighted by molar-refractivity contribution is 7.89. The van der Waals surface area contributed by atoms with Crippen LogP contribution in [-0.4, -0.2) is 48.6 Å². The molecule has 0 aliphatic heterocycles. The van der Waals surface area contributed by atoms with E-state index in [0.29, 0.717) is 12.2 Å². The van der Waals surface area contributed by atoms with Crippen LogP contribution in [0.3, 0.4) is 0 Å². The molecule has 6 nitrogen and oxygen atoms in total. The summed E-state index contributed by atoms with van der Waals surface area (Å²) in [4.78, 5) is 4.11. The predicted octanol–water partition coefficient (Wildman–Crippen LogP) is 1.05. The SMILES string of the molecule is CCNc1ccncc1S(=O)(=O)N(CCO)C1CCC1. The van der Waals surface area contributed by atoms with E-state index in [2.05, 4.69) is 10.3 Å². The number of hydrogen-bond acceptors (Lipinski definition) is 5. The van der Waals surface area contributed by atoms with Crippen LogP contribution in [0.25, 0.3) is 0 Å². The lowest BCUT2D eigenvalue weighted by Crippen LogP contribution is -2.45. The van der Waals surface area contributed by atoms with Gasteiger partial charge in [-0.05, 0) is 25.8 Å². The van der Waals surface area contributed by atoms with Gasteiger partial charge in [0.1, 0.15) is 4.90 Å². The van der Waals surface area contributed by atoms with Crippen LogP contribution in [0.5, 0.6) is 0 Å². The van der Waals surface area contributed by atoms with Gasteiger partial charge in [0.15, 0.2) is 0 Å². The van der Waals surface area contributed by atoms with Crippen LogP contribution in [-0.2, 0) is 10.0 Å². The van der Waals surface area contributed by atoms with Crippen molar-refractivity contribution in [3.8, 4) is 0 Å². The summed E-state index contributed by atoms with van der Waals surface area (Å²) in [5, 5.41) is 12.2. The van der Waals surface area contributed by atoms with Crippen LogP contribution in [0.4, 0.5) is 5.69 Å². The Kier molecular flexibility index (Phi) is 4.95. The number of sulfonamides is 1. The number of hydrogen-bond donors (Lipinski definition) is 2. The van der Waals surface area contributed by atoms with Gasteiger partial charge in [0.05, 0.1) is 12.3 Å². The normalized spacial score (nSPS) is 16.1. The summed E-state index contributed by atoms with van der Waals surface area (Å²) in [5.41, 5.74) is 0.560. The molecule has 1 heterocycles. The molecule has 0 atom stereocenters. The second kappa shape index (κ2) is 6.51. The van der Waals surface area contributed by atoms with Gasteiger partial charge >= 0.3 is 0 Å². The highest BCUT2D eigenvalue weighted by Crippen LogP contribution is 2.31. The second-order valence-electron chi connectivity index (χ2n) is 4.83. The second-order valence-corrected chi connectivity index (χ2v) is 6.69. The third-order valence-electron chi connectivity index (χ3n) is 3.54. The zero-order chi connectivity index (χ0) is 14.6. The Labute approximate surface area is 119 Å². The smallest absolute Gasteiger partial charge is 0.246 e. The molecule has 7 heteroatoms. The van der Waals surface area contributed by atoms with Crippen LogP contribution in [0, 0.1) is 0 Å². The summed E-state index contributed by atoms with van der Waals surface area (Å²) in [5.74, 6) is 0. The Morgan fingerprint density at radius 1 is 1.50 bits per heavy atom. The zero-order valence-electron chi connectivity index (χ0n) is 11.6. The predicted molar refractivity (Wildman–Crippen MR) is 77.0 cm³/mol. The fourth-order valence-electron chi connectivity index (χ4n) is 2.32. The number of aliphatic hydroxyl groups excluding tert-OH is 1. The minimum absolute atomic E-state index is 0.00170. The largest absolute Gasteiger partial charge is 0.395 e. The molecule has 0 unspecified atom stereocenters. The van der Waals surface area contributed by atoms with E-state index in [9.17, 15) is 8.42 Å². The summed E-state index contributed by atoms with van der Waals surface area (Å²) in [7, 11) is -3.63. The third-order valence-corrected chi connectivity index (χ3v) is 5.52. The Balaban J connectivity index is 2.36. The monoisotopic (exact) mass is 299 g/mol. The molecule has 0 aromatic carbocycles. The van der Waals surface area contributed by atoms with E-state index < -0.39 is 10.0 Å². The summed E-state index contributed by atoms with van der Waals surface area (Å²) in [6.45, 7) is 2.50. The number of aromatic nitrogens is 1. The minimum atomic E-state index is -3.63. The molecule has 20 heavy (non-hydrogen) atoms. The highest BCUT2D eigenvalue weighted by atomic mass is 32.2. The first-order chi connectivity index (χ1) is 9.61. The molecule has 2 rings (SSSR count). The number of nitrogens with zero attached hydrogens (tertiary/aromatic N) is 2. The van der Waals surface area contributed by atoms with E-state index in [1.165, 1.54) is 10.5 Å². The van der Waals surface area contributed by atoms with Crippen LogP contribution in [0.15, 0.2) is 23.4 Å². The van der Waals surface area contributed by atoms with Crippen molar-refractivity contribution in [1.82, 2.24) is 9.29 Å². The molecule has 0 spiro atoms. The van der Waals surface area contributed by atoms with Crippen molar-refractivity contribution in [2.24, 2.45) is 0 Å². The average molecular weight is 299 g/mol. The minimum Gasteiger partial charge on any atom is -0.395 e.